The van der Waals surface area contributed by atoms with Crippen LogP contribution in [-0.4, -0.2) is 41.9 Å². The number of hydrogen-bond donors (Lipinski definition) is 0. The highest BCUT2D eigenvalue weighted by atomic mass is 32.1. The fourth-order valence-corrected chi connectivity index (χ4v) is 4.08. The van der Waals surface area contributed by atoms with Crippen LogP contribution in [-0.2, 0) is 0 Å². The highest BCUT2D eigenvalue weighted by molar-refractivity contribution is 7.16. The van der Waals surface area contributed by atoms with E-state index in [0.29, 0.717) is 11.1 Å². The summed E-state index contributed by atoms with van der Waals surface area (Å²) in [5.74, 6) is 0.983. The minimum atomic E-state index is 0.0164. The van der Waals surface area contributed by atoms with Gasteiger partial charge in [0.15, 0.2) is 5.78 Å². The second-order valence-corrected chi connectivity index (χ2v) is 7.11. The van der Waals surface area contributed by atoms with Crippen molar-refractivity contribution >= 4 is 38.8 Å². The van der Waals surface area contributed by atoms with Crippen molar-refractivity contribution in [2.75, 3.05) is 36.0 Å². The molecule has 0 N–H and O–H groups in total. The summed E-state index contributed by atoms with van der Waals surface area (Å²) in [5.41, 5.74) is 2.09. The van der Waals surface area contributed by atoms with Crippen molar-refractivity contribution in [3.63, 3.8) is 0 Å². The molecule has 6 nitrogen and oxygen atoms in total. The third-order valence-electron chi connectivity index (χ3n) is 4.67. The number of anilines is 2. The molecule has 0 bridgehead atoms. The van der Waals surface area contributed by atoms with E-state index >= 15 is 0 Å². The molecular formula is C19H17N5OS. The van der Waals surface area contributed by atoms with Crippen LogP contribution in [0.3, 0.4) is 0 Å². The molecule has 0 atom stereocenters. The van der Waals surface area contributed by atoms with E-state index in [1.165, 1.54) is 0 Å². The highest BCUT2D eigenvalue weighted by Gasteiger charge is 2.23. The standard InChI is InChI=1S/C19H17N5OS/c1-13(25)15-3-2-14(11-20)10-17(15)23-5-7-24(8-6-23)18-16-4-9-26-19(16)22-12-21-18/h2-4,9-10,12H,5-8H2,1H3. The molecule has 26 heavy (non-hydrogen) atoms. The Morgan fingerprint density at radius 1 is 1.15 bits per heavy atom. The number of aromatic nitrogens is 2. The fraction of sp³-hybridized carbons (Fsp3) is 0.263. The quantitative estimate of drug-likeness (QED) is 0.666. The minimum absolute atomic E-state index is 0.0164. The first-order valence-electron chi connectivity index (χ1n) is 8.40. The van der Waals surface area contributed by atoms with E-state index in [9.17, 15) is 10.1 Å². The van der Waals surface area contributed by atoms with Crippen LogP contribution >= 0.6 is 11.3 Å². The van der Waals surface area contributed by atoms with Crippen molar-refractivity contribution in [1.82, 2.24) is 9.97 Å². The monoisotopic (exact) mass is 363 g/mol. The summed E-state index contributed by atoms with van der Waals surface area (Å²) >= 11 is 1.62. The zero-order chi connectivity index (χ0) is 18.1. The summed E-state index contributed by atoms with van der Waals surface area (Å²) in [6, 6.07) is 9.49. The Balaban J connectivity index is 1.58. The number of rotatable bonds is 3. The van der Waals surface area contributed by atoms with E-state index in [-0.39, 0.29) is 5.78 Å². The molecule has 0 radical (unpaired) electrons. The summed E-state index contributed by atoms with van der Waals surface area (Å²) in [5, 5.41) is 12.3. The second kappa shape index (κ2) is 6.73. The third-order valence-corrected chi connectivity index (χ3v) is 5.49. The first kappa shape index (κ1) is 16.5. The zero-order valence-corrected chi connectivity index (χ0v) is 15.2. The lowest BCUT2D eigenvalue weighted by molar-refractivity contribution is 0.101. The number of thiophene rings is 1. The van der Waals surface area contributed by atoms with E-state index in [4.69, 9.17) is 0 Å². The molecule has 1 aromatic carbocycles. The number of hydrogen-bond acceptors (Lipinski definition) is 7. The Labute approximate surface area is 155 Å². The van der Waals surface area contributed by atoms with Gasteiger partial charge in [0.2, 0.25) is 0 Å². The van der Waals surface area contributed by atoms with Crippen molar-refractivity contribution < 1.29 is 4.79 Å². The van der Waals surface area contributed by atoms with Crippen molar-refractivity contribution in [2.24, 2.45) is 0 Å². The molecule has 3 aromatic rings. The van der Waals surface area contributed by atoms with Gasteiger partial charge < -0.3 is 9.80 Å². The maximum atomic E-state index is 12.0. The van der Waals surface area contributed by atoms with Gasteiger partial charge in [-0.25, -0.2) is 9.97 Å². The third kappa shape index (κ3) is 2.89. The number of nitriles is 1. The molecule has 130 valence electrons. The van der Waals surface area contributed by atoms with Crippen LogP contribution in [0.5, 0.6) is 0 Å². The van der Waals surface area contributed by atoms with Gasteiger partial charge in [-0.1, -0.05) is 0 Å². The largest absolute Gasteiger partial charge is 0.367 e. The molecule has 0 saturated carbocycles. The van der Waals surface area contributed by atoms with Crippen molar-refractivity contribution in [3.05, 3.63) is 47.1 Å². The molecule has 7 heteroatoms. The topological polar surface area (TPSA) is 73.1 Å². The van der Waals surface area contributed by atoms with Crippen LogP contribution in [0.25, 0.3) is 10.2 Å². The normalized spacial score (nSPS) is 14.5. The number of piperazine rings is 1. The number of carbonyl (C=O) groups is 1. The summed E-state index contributed by atoms with van der Waals surface area (Å²) in [6.45, 7) is 4.71. The first-order chi connectivity index (χ1) is 12.7. The van der Waals surface area contributed by atoms with Gasteiger partial charge >= 0.3 is 0 Å². The Morgan fingerprint density at radius 2 is 1.92 bits per heavy atom. The lowest BCUT2D eigenvalue weighted by atomic mass is 10.0. The van der Waals surface area contributed by atoms with Crippen LogP contribution in [0.1, 0.15) is 22.8 Å². The SMILES string of the molecule is CC(=O)c1ccc(C#N)cc1N1CCN(c2ncnc3sccc23)CC1. The van der Waals surface area contributed by atoms with E-state index in [2.05, 4.69) is 31.9 Å². The first-order valence-corrected chi connectivity index (χ1v) is 9.28. The predicted molar refractivity (Wildman–Crippen MR) is 103 cm³/mol. The van der Waals surface area contributed by atoms with E-state index < -0.39 is 0 Å². The van der Waals surface area contributed by atoms with Crippen molar-refractivity contribution in [2.45, 2.75) is 6.92 Å². The van der Waals surface area contributed by atoms with E-state index in [1.54, 1.807) is 36.7 Å². The van der Waals surface area contributed by atoms with Crippen LogP contribution in [0, 0.1) is 11.3 Å². The molecule has 1 saturated heterocycles. The number of nitrogens with zero attached hydrogens (tertiary/aromatic N) is 5. The Hall–Kier alpha value is -2.98. The summed E-state index contributed by atoms with van der Waals surface area (Å²) in [7, 11) is 0. The van der Waals surface area contributed by atoms with Crippen LogP contribution in [0.4, 0.5) is 11.5 Å². The van der Waals surface area contributed by atoms with Gasteiger partial charge in [-0.15, -0.1) is 11.3 Å². The van der Waals surface area contributed by atoms with Crippen molar-refractivity contribution in [1.29, 1.82) is 5.26 Å². The molecule has 3 heterocycles. The van der Waals surface area contributed by atoms with Gasteiger partial charge in [0, 0.05) is 37.4 Å². The molecule has 1 aliphatic heterocycles. The van der Waals surface area contributed by atoms with Gasteiger partial charge in [0.1, 0.15) is 17.0 Å². The maximum Gasteiger partial charge on any atom is 0.161 e. The molecule has 1 aliphatic rings. The number of ketones is 1. The zero-order valence-electron chi connectivity index (χ0n) is 14.3. The van der Waals surface area contributed by atoms with Crippen LogP contribution in [0.2, 0.25) is 0 Å². The smallest absolute Gasteiger partial charge is 0.161 e. The van der Waals surface area contributed by atoms with Gasteiger partial charge in [0.25, 0.3) is 0 Å². The molecule has 0 aliphatic carbocycles. The average Bonchev–Trinajstić information content (AvgIpc) is 3.16. The number of fused-ring (bicyclic) bond motifs is 1. The molecule has 4 rings (SSSR count). The van der Waals surface area contributed by atoms with Crippen LogP contribution < -0.4 is 9.80 Å². The summed E-state index contributed by atoms with van der Waals surface area (Å²) in [6.07, 6.45) is 1.62. The summed E-state index contributed by atoms with van der Waals surface area (Å²) in [4.78, 5) is 26.2. The van der Waals surface area contributed by atoms with Gasteiger partial charge in [-0.05, 0) is 36.6 Å². The predicted octanol–water partition coefficient (Wildman–Crippen LogP) is 3.09. The Kier molecular flexibility index (Phi) is 4.27. The lowest BCUT2D eigenvalue weighted by Crippen LogP contribution is -2.47. The minimum Gasteiger partial charge on any atom is -0.367 e. The van der Waals surface area contributed by atoms with Gasteiger partial charge in [-0.2, -0.15) is 5.26 Å². The van der Waals surface area contributed by atoms with E-state index in [1.807, 2.05) is 11.4 Å². The van der Waals surface area contributed by atoms with Gasteiger partial charge in [0.05, 0.1) is 17.0 Å². The molecular weight excluding hydrogens is 346 g/mol. The van der Waals surface area contributed by atoms with Gasteiger partial charge in [-0.3, -0.25) is 4.79 Å². The molecule has 0 spiro atoms. The molecule has 0 amide bonds. The Morgan fingerprint density at radius 3 is 2.65 bits per heavy atom. The molecule has 1 fully saturated rings. The highest BCUT2D eigenvalue weighted by Crippen LogP contribution is 2.29. The molecule has 0 unspecified atom stereocenters. The van der Waals surface area contributed by atoms with E-state index in [0.717, 1.165) is 47.9 Å². The average molecular weight is 363 g/mol. The maximum absolute atomic E-state index is 12.0. The van der Waals surface area contributed by atoms with Crippen LogP contribution in [0.15, 0.2) is 36.0 Å². The lowest BCUT2D eigenvalue weighted by Gasteiger charge is -2.37. The Bertz CT molecular complexity index is 1010. The fourth-order valence-electron chi connectivity index (χ4n) is 3.35. The van der Waals surface area contributed by atoms with Crippen molar-refractivity contribution in [3.8, 4) is 6.07 Å². The number of carbonyl (C=O) groups excluding carboxylic acids is 1. The number of Topliss-reactive ketones (excluding diaryl/α,β-unsaturated/α-hetero) is 1. The summed E-state index contributed by atoms with van der Waals surface area (Å²) < 4.78 is 0. The second-order valence-electron chi connectivity index (χ2n) is 6.21. The number of benzene rings is 1. The molecule has 2 aromatic heterocycles.